The summed E-state index contributed by atoms with van der Waals surface area (Å²) in [7, 11) is 6.97. The van der Waals surface area contributed by atoms with E-state index in [0.717, 1.165) is 0 Å². The van der Waals surface area contributed by atoms with Crippen molar-refractivity contribution in [2.24, 2.45) is 0 Å². The second-order valence-electron chi connectivity index (χ2n) is 3.00. The van der Waals surface area contributed by atoms with Crippen molar-refractivity contribution in [2.75, 3.05) is 7.11 Å². The number of ether oxygens (including phenoxy) is 2. The minimum absolute atomic E-state index is 0.454. The van der Waals surface area contributed by atoms with Crippen LogP contribution in [0.4, 0.5) is 0 Å². The lowest BCUT2D eigenvalue weighted by molar-refractivity contribution is -0.235. The van der Waals surface area contributed by atoms with Gasteiger partial charge in [-0.3, -0.25) is 0 Å². The van der Waals surface area contributed by atoms with Gasteiger partial charge >= 0.3 is 0 Å². The third-order valence-corrected chi connectivity index (χ3v) is 2.12. The van der Waals surface area contributed by atoms with Crippen LogP contribution in [0, 0.1) is 0 Å². The van der Waals surface area contributed by atoms with E-state index in [1.165, 1.54) is 7.11 Å². The zero-order valence-electron chi connectivity index (χ0n) is 7.18. The van der Waals surface area contributed by atoms with Crippen LogP contribution in [0.3, 0.4) is 0 Å². The van der Waals surface area contributed by atoms with Crippen LogP contribution in [0.1, 0.15) is 6.92 Å². The topological polar surface area (TPSA) is 58.9 Å². The zero-order chi connectivity index (χ0) is 9.30. The Morgan fingerprint density at radius 3 is 2.42 bits per heavy atom. The van der Waals surface area contributed by atoms with Crippen molar-refractivity contribution in [3.8, 4) is 0 Å². The van der Waals surface area contributed by atoms with Crippen molar-refractivity contribution in [1.29, 1.82) is 0 Å². The fraction of sp³-hybridized carbons (Fsp3) is 1.00. The molecule has 2 N–H and O–H groups in total. The molecule has 68 valence electrons. The molecule has 1 aliphatic rings. The molecule has 4 nitrogen and oxygen atoms in total. The first kappa shape index (κ1) is 9.99. The van der Waals surface area contributed by atoms with Crippen LogP contribution in [0.2, 0.25) is 5.82 Å². The van der Waals surface area contributed by atoms with Gasteiger partial charge in [0.05, 0.1) is 20.1 Å². The molecule has 0 bridgehead atoms. The smallest absolute Gasteiger partial charge is 0.155 e. The Kier molecular flexibility index (Phi) is 3.12. The van der Waals surface area contributed by atoms with Crippen LogP contribution in [0.5, 0.6) is 0 Å². The molecule has 1 aliphatic heterocycles. The number of aliphatic hydroxyl groups excluding tert-OH is 2. The van der Waals surface area contributed by atoms with Crippen LogP contribution in [-0.2, 0) is 9.47 Å². The van der Waals surface area contributed by atoms with Gasteiger partial charge in [-0.25, -0.2) is 0 Å². The highest BCUT2D eigenvalue weighted by atomic mass is 16.7. The first-order chi connectivity index (χ1) is 5.57. The monoisotopic (exact) mass is 172 g/mol. The van der Waals surface area contributed by atoms with Gasteiger partial charge in [0.25, 0.3) is 0 Å². The highest BCUT2D eigenvalue weighted by molar-refractivity contribution is 6.12. The van der Waals surface area contributed by atoms with E-state index in [1.54, 1.807) is 6.92 Å². The number of aliphatic hydroxyl groups is 2. The quantitative estimate of drug-likeness (QED) is 0.501. The van der Waals surface area contributed by atoms with Gasteiger partial charge in [-0.15, -0.1) is 0 Å². The van der Waals surface area contributed by atoms with Gasteiger partial charge < -0.3 is 19.7 Å². The summed E-state index contributed by atoms with van der Waals surface area (Å²) < 4.78 is 10.0. The molecular formula is C7H13BO4. The maximum absolute atomic E-state index is 9.38. The van der Waals surface area contributed by atoms with Crippen molar-refractivity contribution >= 4 is 7.85 Å². The third kappa shape index (κ3) is 1.64. The maximum atomic E-state index is 9.38. The normalized spacial score (nSPS) is 49.2. The molecule has 0 aliphatic carbocycles. The average molecular weight is 172 g/mol. The first-order valence-electron chi connectivity index (χ1n) is 3.88. The van der Waals surface area contributed by atoms with Crippen molar-refractivity contribution < 1.29 is 19.7 Å². The van der Waals surface area contributed by atoms with E-state index in [9.17, 15) is 10.2 Å². The molecule has 5 atom stereocenters. The van der Waals surface area contributed by atoms with Gasteiger partial charge in [0.15, 0.2) is 6.29 Å². The summed E-state index contributed by atoms with van der Waals surface area (Å²) in [6.07, 6.45) is -3.02. The predicted octanol–water partition coefficient (Wildman–Crippen LogP) is -0.944. The lowest BCUT2D eigenvalue weighted by Crippen LogP contribution is -2.51. The van der Waals surface area contributed by atoms with Crippen molar-refractivity contribution in [3.05, 3.63) is 0 Å². The molecule has 0 unspecified atom stereocenters. The third-order valence-electron chi connectivity index (χ3n) is 2.12. The standard InChI is InChI=1S/C7H13BO4/c1-3-5(9)6(10)4(8)7(11-2)12-3/h3-7,9-10H,1-2H3/t3-,4+,5-,6-,7+/m0/s1. The Morgan fingerprint density at radius 2 is 1.92 bits per heavy atom. The molecular weight excluding hydrogens is 159 g/mol. The van der Waals surface area contributed by atoms with Crippen LogP contribution >= 0.6 is 0 Å². The maximum Gasteiger partial charge on any atom is 0.155 e. The van der Waals surface area contributed by atoms with E-state index in [1.807, 2.05) is 0 Å². The molecule has 0 aromatic heterocycles. The minimum Gasteiger partial charge on any atom is -0.391 e. The van der Waals surface area contributed by atoms with E-state index >= 15 is 0 Å². The van der Waals surface area contributed by atoms with Gasteiger partial charge in [0, 0.05) is 12.9 Å². The fourth-order valence-electron chi connectivity index (χ4n) is 1.26. The Labute approximate surface area is 72.9 Å². The minimum atomic E-state index is -0.987. The summed E-state index contributed by atoms with van der Waals surface area (Å²) in [5, 5.41) is 18.7. The van der Waals surface area contributed by atoms with Crippen LogP contribution in [0.15, 0.2) is 0 Å². The molecule has 12 heavy (non-hydrogen) atoms. The van der Waals surface area contributed by atoms with Gasteiger partial charge in [0.2, 0.25) is 0 Å². The first-order valence-corrected chi connectivity index (χ1v) is 3.88. The summed E-state index contributed by atoms with van der Waals surface area (Å²) in [6.45, 7) is 1.66. The molecule has 5 heteroatoms. The summed E-state index contributed by atoms with van der Waals surface area (Å²) in [6, 6.07) is 0. The van der Waals surface area contributed by atoms with E-state index in [0.29, 0.717) is 0 Å². The lowest BCUT2D eigenvalue weighted by Gasteiger charge is -2.39. The van der Waals surface area contributed by atoms with Gasteiger partial charge in [0.1, 0.15) is 6.10 Å². The van der Waals surface area contributed by atoms with Crippen LogP contribution in [-0.4, -0.2) is 49.8 Å². The highest BCUT2D eigenvalue weighted by Crippen LogP contribution is 2.28. The summed E-state index contributed by atoms with van der Waals surface area (Å²) in [4.78, 5) is 0. The molecule has 1 heterocycles. The van der Waals surface area contributed by atoms with Crippen LogP contribution in [0.25, 0.3) is 0 Å². The Balaban J connectivity index is 2.63. The molecule has 1 saturated heterocycles. The number of hydrogen-bond donors (Lipinski definition) is 2. The predicted molar refractivity (Wildman–Crippen MR) is 42.9 cm³/mol. The van der Waals surface area contributed by atoms with E-state index in [2.05, 4.69) is 0 Å². The van der Waals surface area contributed by atoms with E-state index < -0.39 is 30.4 Å². The Bertz CT molecular complexity index is 150. The van der Waals surface area contributed by atoms with Gasteiger partial charge in [-0.2, -0.15) is 0 Å². The highest BCUT2D eigenvalue weighted by Gasteiger charge is 2.39. The largest absolute Gasteiger partial charge is 0.391 e. The molecule has 0 spiro atoms. The second-order valence-corrected chi connectivity index (χ2v) is 3.00. The Hall–Kier alpha value is -0.0951. The Morgan fingerprint density at radius 1 is 1.33 bits per heavy atom. The molecule has 1 rings (SSSR count). The summed E-state index contributed by atoms with van der Waals surface area (Å²) >= 11 is 0. The zero-order valence-corrected chi connectivity index (χ0v) is 7.18. The molecule has 0 aromatic rings. The fourth-order valence-corrected chi connectivity index (χ4v) is 1.26. The molecule has 0 amide bonds. The number of hydrogen-bond acceptors (Lipinski definition) is 4. The average Bonchev–Trinajstić information content (AvgIpc) is 2.08. The van der Waals surface area contributed by atoms with Crippen molar-refractivity contribution in [2.45, 2.75) is 37.3 Å². The van der Waals surface area contributed by atoms with E-state index in [4.69, 9.17) is 17.3 Å². The lowest BCUT2D eigenvalue weighted by atomic mass is 9.77. The van der Waals surface area contributed by atoms with Crippen molar-refractivity contribution in [3.63, 3.8) is 0 Å². The molecule has 0 saturated carbocycles. The molecule has 1 fully saturated rings. The van der Waals surface area contributed by atoms with E-state index in [-0.39, 0.29) is 0 Å². The van der Waals surface area contributed by atoms with Crippen molar-refractivity contribution in [1.82, 2.24) is 0 Å². The summed E-state index contributed by atoms with van der Waals surface area (Å²) in [5.74, 6) is -0.693. The van der Waals surface area contributed by atoms with Gasteiger partial charge in [-0.05, 0) is 6.92 Å². The van der Waals surface area contributed by atoms with Gasteiger partial charge in [-0.1, -0.05) is 0 Å². The number of rotatable bonds is 1. The summed E-state index contributed by atoms with van der Waals surface area (Å²) in [5.41, 5.74) is 0. The SMILES string of the molecule is [B][C@H]1[C@H](OC)O[C@@H](C)[C@H](O)[C@H]1O. The second kappa shape index (κ2) is 3.74. The van der Waals surface area contributed by atoms with Crippen LogP contribution < -0.4 is 0 Å². The molecule has 0 aromatic carbocycles. The number of methoxy groups -OCH3 is 1. The molecule has 2 radical (unpaired) electrons.